The Kier molecular flexibility index (Phi) is 4.68. The molecule has 0 aliphatic carbocycles. The molecule has 1 aliphatic rings. The van der Waals surface area contributed by atoms with Crippen molar-refractivity contribution < 1.29 is 4.74 Å². The zero-order chi connectivity index (χ0) is 14.8. The fourth-order valence-corrected chi connectivity index (χ4v) is 2.66. The summed E-state index contributed by atoms with van der Waals surface area (Å²) in [5, 5.41) is 0. The van der Waals surface area contributed by atoms with Gasteiger partial charge in [0.1, 0.15) is 5.75 Å². The van der Waals surface area contributed by atoms with E-state index in [1.165, 1.54) is 11.1 Å². The lowest BCUT2D eigenvalue weighted by atomic mass is 9.88. The van der Waals surface area contributed by atoms with Gasteiger partial charge >= 0.3 is 0 Å². The molecule has 0 aromatic heterocycles. The van der Waals surface area contributed by atoms with E-state index in [2.05, 4.69) is 56.5 Å². The third-order valence-electron chi connectivity index (χ3n) is 4.68. The highest BCUT2D eigenvalue weighted by molar-refractivity contribution is 5.39. The Balaban J connectivity index is 2.00. The van der Waals surface area contributed by atoms with E-state index in [1.54, 1.807) is 0 Å². The number of hydrogen-bond donors (Lipinski definition) is 2. The van der Waals surface area contributed by atoms with Crippen LogP contribution in [0.1, 0.15) is 31.4 Å². The summed E-state index contributed by atoms with van der Waals surface area (Å²) in [6.07, 6.45) is 3.08. The first-order valence-corrected chi connectivity index (χ1v) is 7.33. The zero-order valence-electron chi connectivity index (χ0n) is 13.1. The Labute approximate surface area is 122 Å². The number of nitrogens with one attached hydrogen (secondary N) is 1. The van der Waals surface area contributed by atoms with Crippen molar-refractivity contribution in [1.29, 1.82) is 0 Å². The molecule has 0 amide bonds. The van der Waals surface area contributed by atoms with Crippen molar-refractivity contribution in [1.82, 2.24) is 10.3 Å². The summed E-state index contributed by atoms with van der Waals surface area (Å²) in [6.45, 7) is 5.25. The molecule has 1 aromatic carbocycles. The maximum absolute atomic E-state index is 5.75. The van der Waals surface area contributed by atoms with Gasteiger partial charge in [-0.05, 0) is 58.0 Å². The molecule has 0 spiro atoms. The smallest absolute Gasteiger partial charge is 0.122 e. The second-order valence-electron chi connectivity index (χ2n) is 6.35. The van der Waals surface area contributed by atoms with Crippen LogP contribution in [0.2, 0.25) is 0 Å². The SMILES string of the molecule is CN(C)C(C)(C)C(CCc1ccc2c(c1)CCO2)NN. The summed E-state index contributed by atoms with van der Waals surface area (Å²) in [6, 6.07) is 6.79. The van der Waals surface area contributed by atoms with Crippen molar-refractivity contribution in [3.05, 3.63) is 29.3 Å². The van der Waals surface area contributed by atoms with Gasteiger partial charge in [0.05, 0.1) is 6.61 Å². The monoisotopic (exact) mass is 277 g/mol. The lowest BCUT2D eigenvalue weighted by Gasteiger charge is -2.40. The Hall–Kier alpha value is -1.10. The predicted octanol–water partition coefficient (Wildman–Crippen LogP) is 1.73. The highest BCUT2D eigenvalue weighted by Gasteiger charge is 2.30. The lowest BCUT2D eigenvalue weighted by molar-refractivity contribution is 0.132. The molecule has 0 radical (unpaired) electrons. The second-order valence-corrected chi connectivity index (χ2v) is 6.35. The van der Waals surface area contributed by atoms with E-state index in [0.717, 1.165) is 31.6 Å². The van der Waals surface area contributed by atoms with Gasteiger partial charge in [0.25, 0.3) is 0 Å². The number of hydrogen-bond acceptors (Lipinski definition) is 4. The summed E-state index contributed by atoms with van der Waals surface area (Å²) >= 11 is 0. The van der Waals surface area contributed by atoms with Crippen molar-refractivity contribution >= 4 is 0 Å². The third-order valence-corrected chi connectivity index (χ3v) is 4.68. The van der Waals surface area contributed by atoms with Crippen LogP contribution in [0.3, 0.4) is 0 Å². The van der Waals surface area contributed by atoms with Gasteiger partial charge in [-0.15, -0.1) is 0 Å². The molecule has 1 aliphatic heterocycles. The number of ether oxygens (including phenoxy) is 1. The molecule has 1 heterocycles. The van der Waals surface area contributed by atoms with Gasteiger partial charge < -0.3 is 9.64 Å². The zero-order valence-corrected chi connectivity index (χ0v) is 13.1. The number of fused-ring (bicyclic) bond motifs is 1. The van der Waals surface area contributed by atoms with Gasteiger partial charge in [-0.2, -0.15) is 0 Å². The number of benzene rings is 1. The van der Waals surface area contributed by atoms with Crippen molar-refractivity contribution in [2.75, 3.05) is 20.7 Å². The Morgan fingerprint density at radius 2 is 2.15 bits per heavy atom. The topological polar surface area (TPSA) is 50.5 Å². The van der Waals surface area contributed by atoms with E-state index >= 15 is 0 Å². The average Bonchev–Trinajstić information content (AvgIpc) is 2.86. The van der Waals surface area contributed by atoms with E-state index in [9.17, 15) is 0 Å². The van der Waals surface area contributed by atoms with Gasteiger partial charge in [-0.25, -0.2) is 0 Å². The van der Waals surface area contributed by atoms with E-state index in [1.807, 2.05) is 0 Å². The number of hydrazine groups is 1. The number of rotatable bonds is 6. The fraction of sp³-hybridized carbons (Fsp3) is 0.625. The fourth-order valence-electron chi connectivity index (χ4n) is 2.66. The second kappa shape index (κ2) is 6.12. The minimum atomic E-state index is 0.0224. The molecule has 0 bridgehead atoms. The van der Waals surface area contributed by atoms with Crippen LogP contribution < -0.4 is 16.0 Å². The summed E-state index contributed by atoms with van der Waals surface area (Å²) < 4.78 is 5.55. The van der Waals surface area contributed by atoms with E-state index in [4.69, 9.17) is 10.6 Å². The standard InChI is InChI=1S/C16H27N3O/c1-16(2,19(3)4)15(18-17)8-6-12-5-7-14-13(11-12)9-10-20-14/h5,7,11,15,18H,6,8-10,17H2,1-4H3. The normalized spacial score (nSPS) is 16.1. The van der Waals surface area contributed by atoms with Crippen LogP contribution in [-0.2, 0) is 12.8 Å². The molecule has 1 atom stereocenters. The Morgan fingerprint density at radius 1 is 1.40 bits per heavy atom. The van der Waals surface area contributed by atoms with Gasteiger partial charge in [0, 0.05) is 18.0 Å². The number of likely N-dealkylation sites (N-methyl/N-ethyl adjacent to an activating group) is 1. The van der Waals surface area contributed by atoms with Crippen molar-refractivity contribution in [3.63, 3.8) is 0 Å². The van der Waals surface area contributed by atoms with Crippen LogP contribution in [0.5, 0.6) is 5.75 Å². The summed E-state index contributed by atoms with van der Waals surface area (Å²) in [5.41, 5.74) is 5.71. The molecule has 0 fully saturated rings. The van der Waals surface area contributed by atoms with Crippen LogP contribution in [0.25, 0.3) is 0 Å². The molecule has 0 saturated carbocycles. The summed E-state index contributed by atoms with van der Waals surface area (Å²) in [5.74, 6) is 6.81. The van der Waals surface area contributed by atoms with Crippen LogP contribution in [0.4, 0.5) is 0 Å². The molecular formula is C16H27N3O. The summed E-state index contributed by atoms with van der Waals surface area (Å²) in [4.78, 5) is 2.22. The van der Waals surface area contributed by atoms with Crippen LogP contribution in [0, 0.1) is 0 Å². The number of nitrogens with zero attached hydrogens (tertiary/aromatic N) is 1. The minimum absolute atomic E-state index is 0.0224. The van der Waals surface area contributed by atoms with E-state index in [0.29, 0.717) is 0 Å². The third kappa shape index (κ3) is 3.14. The quantitative estimate of drug-likeness (QED) is 0.614. The molecule has 1 aromatic rings. The van der Waals surface area contributed by atoms with Crippen LogP contribution in [0.15, 0.2) is 18.2 Å². The van der Waals surface area contributed by atoms with Gasteiger partial charge in [0.15, 0.2) is 0 Å². The predicted molar refractivity (Wildman–Crippen MR) is 82.8 cm³/mol. The molecule has 0 saturated heterocycles. The first-order chi connectivity index (χ1) is 9.45. The van der Waals surface area contributed by atoms with Gasteiger partial charge in [-0.3, -0.25) is 11.3 Å². The molecule has 4 heteroatoms. The number of aryl methyl sites for hydroxylation is 1. The maximum atomic E-state index is 5.75. The van der Waals surface area contributed by atoms with E-state index in [-0.39, 0.29) is 11.6 Å². The molecule has 2 rings (SSSR count). The Bertz CT molecular complexity index is 457. The first kappa shape index (κ1) is 15.3. The molecule has 3 N–H and O–H groups in total. The first-order valence-electron chi connectivity index (χ1n) is 7.33. The van der Waals surface area contributed by atoms with Gasteiger partial charge in [0.2, 0.25) is 0 Å². The van der Waals surface area contributed by atoms with Crippen molar-refractivity contribution in [2.45, 2.75) is 44.7 Å². The Morgan fingerprint density at radius 3 is 2.80 bits per heavy atom. The number of nitrogens with two attached hydrogens (primary N) is 1. The largest absolute Gasteiger partial charge is 0.493 e. The highest BCUT2D eigenvalue weighted by atomic mass is 16.5. The molecule has 20 heavy (non-hydrogen) atoms. The van der Waals surface area contributed by atoms with Gasteiger partial charge in [-0.1, -0.05) is 12.1 Å². The molecule has 1 unspecified atom stereocenters. The summed E-state index contributed by atoms with van der Waals surface area (Å²) in [7, 11) is 4.19. The van der Waals surface area contributed by atoms with E-state index < -0.39 is 0 Å². The molecular weight excluding hydrogens is 250 g/mol. The highest BCUT2D eigenvalue weighted by Crippen LogP contribution is 2.27. The molecule has 112 valence electrons. The van der Waals surface area contributed by atoms with Crippen LogP contribution in [-0.4, -0.2) is 37.2 Å². The van der Waals surface area contributed by atoms with Crippen LogP contribution >= 0.6 is 0 Å². The molecule has 4 nitrogen and oxygen atoms in total. The maximum Gasteiger partial charge on any atom is 0.122 e. The lowest BCUT2D eigenvalue weighted by Crippen LogP contribution is -2.57. The average molecular weight is 277 g/mol. The van der Waals surface area contributed by atoms with Crippen molar-refractivity contribution in [3.8, 4) is 5.75 Å². The van der Waals surface area contributed by atoms with Crippen molar-refractivity contribution in [2.24, 2.45) is 5.84 Å². The minimum Gasteiger partial charge on any atom is -0.493 e.